The van der Waals surface area contributed by atoms with Gasteiger partial charge in [0.25, 0.3) is 0 Å². The summed E-state index contributed by atoms with van der Waals surface area (Å²) in [5, 5.41) is 0.624. The van der Waals surface area contributed by atoms with Gasteiger partial charge in [-0.3, -0.25) is 4.79 Å². The van der Waals surface area contributed by atoms with E-state index in [-0.39, 0.29) is 11.7 Å². The molecular weight excluding hydrogens is 318 g/mol. The predicted octanol–water partition coefficient (Wildman–Crippen LogP) is 5.33. The summed E-state index contributed by atoms with van der Waals surface area (Å²) < 4.78 is 0. The molecule has 1 atom stereocenters. The number of carbonyl (C=O) groups is 1. The summed E-state index contributed by atoms with van der Waals surface area (Å²) in [6, 6.07) is 24.7. The number of Topliss-reactive ketones (excluding diaryl/α,β-unsaturated/α-hetero) is 1. The number of carbonyl (C=O) groups excluding carboxylic acids is 1. The molecule has 3 rings (SSSR count). The first-order valence-electron chi connectivity index (χ1n) is 7.83. The van der Waals surface area contributed by atoms with E-state index >= 15 is 0 Å². The van der Waals surface area contributed by atoms with Gasteiger partial charge in [0.05, 0.1) is 0 Å². The topological polar surface area (TPSA) is 43.1 Å². The number of hydrogen-bond donors (Lipinski definition) is 1. The van der Waals surface area contributed by atoms with Gasteiger partial charge in [0, 0.05) is 28.6 Å². The van der Waals surface area contributed by atoms with Gasteiger partial charge in [-0.15, -0.1) is 0 Å². The highest BCUT2D eigenvalue weighted by atomic mass is 35.5. The van der Waals surface area contributed by atoms with Gasteiger partial charge in [0.1, 0.15) is 0 Å². The van der Waals surface area contributed by atoms with Crippen LogP contribution in [0.5, 0.6) is 0 Å². The second-order valence-electron chi connectivity index (χ2n) is 5.73. The monoisotopic (exact) mass is 335 g/mol. The number of benzene rings is 3. The summed E-state index contributed by atoms with van der Waals surface area (Å²) in [6.07, 6.45) is 0.361. The highest BCUT2D eigenvalue weighted by molar-refractivity contribution is 6.30. The Morgan fingerprint density at radius 1 is 0.875 bits per heavy atom. The molecule has 2 N–H and O–H groups in total. The lowest BCUT2D eigenvalue weighted by Crippen LogP contribution is -2.11. The smallest absolute Gasteiger partial charge is 0.163 e. The summed E-state index contributed by atoms with van der Waals surface area (Å²) in [6.45, 7) is 0. The third kappa shape index (κ3) is 3.66. The zero-order valence-electron chi connectivity index (χ0n) is 13.2. The molecule has 3 aromatic carbocycles. The Morgan fingerprint density at radius 3 is 2.17 bits per heavy atom. The first kappa shape index (κ1) is 16.3. The number of anilines is 1. The minimum Gasteiger partial charge on any atom is -0.398 e. The van der Waals surface area contributed by atoms with Gasteiger partial charge in [0.15, 0.2) is 5.78 Å². The Morgan fingerprint density at radius 2 is 1.50 bits per heavy atom. The number of nitrogens with two attached hydrogens (primary N) is 1. The number of halogens is 1. The number of para-hydroxylation sites is 1. The standard InChI is InChI=1S/C21H18ClNO/c22-17-12-10-16(11-13-17)21(24)14-19(15-6-2-1-3-7-15)18-8-4-5-9-20(18)23/h1-13,19H,14,23H2. The molecule has 3 heteroatoms. The van der Waals surface area contributed by atoms with E-state index in [0.717, 1.165) is 11.1 Å². The minimum atomic E-state index is -0.0735. The van der Waals surface area contributed by atoms with Crippen LogP contribution in [0.4, 0.5) is 5.69 Å². The highest BCUT2D eigenvalue weighted by Gasteiger charge is 2.20. The van der Waals surface area contributed by atoms with E-state index < -0.39 is 0 Å². The Balaban J connectivity index is 1.95. The second-order valence-corrected chi connectivity index (χ2v) is 6.16. The molecule has 0 heterocycles. The molecule has 0 amide bonds. The van der Waals surface area contributed by atoms with Crippen LogP contribution in [0, 0.1) is 0 Å². The predicted molar refractivity (Wildman–Crippen MR) is 99.5 cm³/mol. The Labute approximate surface area is 146 Å². The molecule has 0 saturated heterocycles. The van der Waals surface area contributed by atoms with Crippen molar-refractivity contribution < 1.29 is 4.79 Å². The van der Waals surface area contributed by atoms with Crippen molar-refractivity contribution in [2.45, 2.75) is 12.3 Å². The van der Waals surface area contributed by atoms with Crippen LogP contribution in [0.25, 0.3) is 0 Å². The first-order chi connectivity index (χ1) is 11.6. The van der Waals surface area contributed by atoms with Gasteiger partial charge in [0.2, 0.25) is 0 Å². The molecular formula is C21H18ClNO. The van der Waals surface area contributed by atoms with Crippen LogP contribution >= 0.6 is 11.6 Å². The molecule has 0 radical (unpaired) electrons. The summed E-state index contributed by atoms with van der Waals surface area (Å²) >= 11 is 5.91. The summed E-state index contributed by atoms with van der Waals surface area (Å²) in [7, 11) is 0. The molecule has 3 aromatic rings. The fourth-order valence-corrected chi connectivity index (χ4v) is 2.99. The molecule has 0 fully saturated rings. The third-order valence-corrected chi connectivity index (χ3v) is 4.38. The third-order valence-electron chi connectivity index (χ3n) is 4.13. The van der Waals surface area contributed by atoms with Gasteiger partial charge in [-0.1, -0.05) is 60.1 Å². The van der Waals surface area contributed by atoms with Gasteiger partial charge < -0.3 is 5.73 Å². The van der Waals surface area contributed by atoms with Crippen molar-refractivity contribution in [2.24, 2.45) is 0 Å². The van der Waals surface area contributed by atoms with Crippen molar-refractivity contribution in [2.75, 3.05) is 5.73 Å². The molecule has 24 heavy (non-hydrogen) atoms. The molecule has 0 spiro atoms. The largest absolute Gasteiger partial charge is 0.398 e. The van der Waals surface area contributed by atoms with Gasteiger partial charge in [-0.2, -0.15) is 0 Å². The van der Waals surface area contributed by atoms with Crippen molar-refractivity contribution in [3.05, 3.63) is 101 Å². The molecule has 1 unspecified atom stereocenters. The average Bonchev–Trinajstić information content (AvgIpc) is 2.61. The number of ketones is 1. The quantitative estimate of drug-likeness (QED) is 0.506. The van der Waals surface area contributed by atoms with Crippen molar-refractivity contribution in [1.29, 1.82) is 0 Å². The molecule has 2 nitrogen and oxygen atoms in total. The Bertz CT molecular complexity index is 828. The van der Waals surface area contributed by atoms with E-state index in [0.29, 0.717) is 22.7 Å². The van der Waals surface area contributed by atoms with E-state index in [9.17, 15) is 4.79 Å². The van der Waals surface area contributed by atoms with E-state index in [4.69, 9.17) is 17.3 Å². The molecule has 0 saturated carbocycles. The van der Waals surface area contributed by atoms with E-state index in [2.05, 4.69) is 0 Å². The molecule has 120 valence electrons. The maximum absolute atomic E-state index is 12.7. The highest BCUT2D eigenvalue weighted by Crippen LogP contribution is 2.32. The maximum atomic E-state index is 12.7. The molecule has 0 bridgehead atoms. The zero-order valence-corrected chi connectivity index (χ0v) is 13.9. The number of nitrogen functional groups attached to an aromatic ring is 1. The second kappa shape index (κ2) is 7.33. The van der Waals surface area contributed by atoms with Gasteiger partial charge in [-0.05, 0) is 41.5 Å². The van der Waals surface area contributed by atoms with Crippen LogP contribution in [0.15, 0.2) is 78.9 Å². The van der Waals surface area contributed by atoms with Gasteiger partial charge >= 0.3 is 0 Å². The van der Waals surface area contributed by atoms with E-state index in [1.165, 1.54) is 0 Å². The average molecular weight is 336 g/mol. The molecule has 0 aromatic heterocycles. The summed E-state index contributed by atoms with van der Waals surface area (Å²) in [5.74, 6) is -0.000601. The molecule has 0 aliphatic rings. The van der Waals surface area contributed by atoms with Crippen LogP contribution < -0.4 is 5.73 Å². The van der Waals surface area contributed by atoms with Crippen molar-refractivity contribution >= 4 is 23.1 Å². The Hall–Kier alpha value is -2.58. The van der Waals surface area contributed by atoms with Crippen molar-refractivity contribution in [1.82, 2.24) is 0 Å². The molecule has 0 aliphatic carbocycles. The van der Waals surface area contributed by atoms with Crippen molar-refractivity contribution in [3.63, 3.8) is 0 Å². The van der Waals surface area contributed by atoms with Gasteiger partial charge in [-0.25, -0.2) is 0 Å². The van der Waals surface area contributed by atoms with Crippen LogP contribution in [-0.4, -0.2) is 5.78 Å². The zero-order chi connectivity index (χ0) is 16.9. The van der Waals surface area contributed by atoms with Crippen molar-refractivity contribution in [3.8, 4) is 0 Å². The summed E-state index contributed by atoms with van der Waals surface area (Å²) in [5.41, 5.74) is 9.59. The Kier molecular flexibility index (Phi) is 4.97. The van der Waals surface area contributed by atoms with Crippen LogP contribution in [-0.2, 0) is 0 Å². The van der Waals surface area contributed by atoms with Crippen LogP contribution in [0.2, 0.25) is 5.02 Å². The van der Waals surface area contributed by atoms with E-state index in [1.54, 1.807) is 24.3 Å². The lowest BCUT2D eigenvalue weighted by molar-refractivity contribution is 0.0977. The number of hydrogen-bond acceptors (Lipinski definition) is 2. The van der Waals surface area contributed by atoms with E-state index in [1.807, 2.05) is 54.6 Å². The lowest BCUT2D eigenvalue weighted by atomic mass is 9.85. The fraction of sp³-hybridized carbons (Fsp3) is 0.0952. The maximum Gasteiger partial charge on any atom is 0.163 e. The fourth-order valence-electron chi connectivity index (χ4n) is 2.86. The first-order valence-corrected chi connectivity index (χ1v) is 8.21. The molecule has 0 aliphatic heterocycles. The number of rotatable bonds is 5. The minimum absolute atomic E-state index is 0.0729. The SMILES string of the molecule is Nc1ccccc1C(CC(=O)c1ccc(Cl)cc1)c1ccccc1. The lowest BCUT2D eigenvalue weighted by Gasteiger charge is -2.19. The van der Waals surface area contributed by atoms with Crippen LogP contribution in [0.3, 0.4) is 0 Å². The summed E-state index contributed by atoms with van der Waals surface area (Å²) in [4.78, 5) is 12.7. The van der Waals surface area contributed by atoms with Crippen LogP contribution in [0.1, 0.15) is 33.8 Å². The normalized spacial score (nSPS) is 11.9.